The van der Waals surface area contributed by atoms with Crippen molar-refractivity contribution in [3.63, 3.8) is 0 Å². The van der Waals surface area contributed by atoms with Gasteiger partial charge in [0.25, 0.3) is 0 Å². The van der Waals surface area contributed by atoms with Crippen LogP contribution in [0.4, 0.5) is 34.1 Å². The van der Waals surface area contributed by atoms with Crippen LogP contribution in [0.1, 0.15) is 36.1 Å². The number of fused-ring (bicyclic) bond motifs is 6. The zero-order valence-corrected chi connectivity index (χ0v) is 37.2. The summed E-state index contributed by atoms with van der Waals surface area (Å²) in [4.78, 5) is 4.84. The molecule has 0 fully saturated rings. The van der Waals surface area contributed by atoms with Crippen LogP contribution in [0.5, 0.6) is 0 Å². The van der Waals surface area contributed by atoms with Gasteiger partial charge in [0.15, 0.2) is 0 Å². The average molecular weight is 833 g/mol. The Morgan fingerprint density at radius 1 is 0.323 bits per heavy atom. The lowest BCUT2D eigenvalue weighted by Crippen LogP contribution is -2.24. The van der Waals surface area contributed by atoms with Crippen molar-refractivity contribution in [1.82, 2.24) is 0 Å². The lowest BCUT2D eigenvalue weighted by Gasteiger charge is -2.38. The molecular weight excluding hydrogens is 785 g/mol. The smallest absolute Gasteiger partial charge is 0.0468 e. The molecule has 0 aromatic heterocycles. The molecule has 2 heteroatoms. The number of hydrogen-bond acceptors (Lipinski definition) is 2. The fourth-order valence-corrected chi connectivity index (χ4v) is 10.6. The first-order chi connectivity index (χ1) is 31.8. The lowest BCUT2D eigenvalue weighted by atomic mass is 9.66. The van der Waals surface area contributed by atoms with E-state index in [0.717, 1.165) is 34.1 Å². The summed E-state index contributed by atoms with van der Waals surface area (Å²) in [7, 11) is 0. The Kier molecular flexibility index (Phi) is 9.00. The Labute approximate surface area is 381 Å². The molecule has 65 heavy (non-hydrogen) atoms. The molecule has 0 amide bonds. The minimum absolute atomic E-state index is 0.307. The van der Waals surface area contributed by atoms with Crippen molar-refractivity contribution in [3.8, 4) is 22.3 Å². The van der Waals surface area contributed by atoms with Crippen molar-refractivity contribution in [3.05, 3.63) is 241 Å². The predicted molar refractivity (Wildman–Crippen MR) is 278 cm³/mol. The van der Waals surface area contributed by atoms with Gasteiger partial charge in [-0.3, -0.25) is 0 Å². The van der Waals surface area contributed by atoms with Crippen molar-refractivity contribution < 1.29 is 0 Å². The Bertz CT molecular complexity index is 3640. The summed E-state index contributed by atoms with van der Waals surface area (Å²) in [5.41, 5.74) is 16.7. The second-order valence-electron chi connectivity index (χ2n) is 18.3. The minimum atomic E-state index is -0.307. The number of benzene rings is 11. The van der Waals surface area contributed by atoms with Gasteiger partial charge < -0.3 is 9.80 Å². The molecule has 310 valence electrons. The zero-order valence-electron chi connectivity index (χ0n) is 37.2. The molecule has 0 radical (unpaired) electrons. The molecule has 0 unspecified atom stereocenters. The Hall–Kier alpha value is -7.94. The molecule has 0 saturated carbocycles. The Balaban J connectivity index is 1.11. The second-order valence-corrected chi connectivity index (χ2v) is 18.3. The van der Waals surface area contributed by atoms with Gasteiger partial charge in [-0.15, -0.1) is 0 Å². The molecule has 0 saturated heterocycles. The summed E-state index contributed by atoms with van der Waals surface area (Å²) in [6, 6.07) is 81.2. The molecule has 11 aromatic carbocycles. The number of aryl methyl sites for hydroxylation is 2. The van der Waals surface area contributed by atoms with Crippen LogP contribution >= 0.6 is 0 Å². The highest BCUT2D eigenvalue weighted by Gasteiger charge is 2.36. The summed E-state index contributed by atoms with van der Waals surface area (Å²) < 4.78 is 0. The number of anilines is 6. The summed E-state index contributed by atoms with van der Waals surface area (Å²) in [6.07, 6.45) is 0. The molecular formula is C63H48N2. The van der Waals surface area contributed by atoms with Gasteiger partial charge in [0, 0.05) is 39.5 Å². The Morgan fingerprint density at radius 2 is 0.815 bits per heavy atom. The van der Waals surface area contributed by atoms with Gasteiger partial charge in [-0.25, -0.2) is 0 Å². The first kappa shape index (κ1) is 38.7. The second kappa shape index (κ2) is 15.1. The van der Waals surface area contributed by atoms with E-state index in [1.54, 1.807) is 0 Å². The third-order valence-corrected chi connectivity index (χ3v) is 13.9. The fraction of sp³-hybridized carbons (Fsp3) is 0.0794. The highest BCUT2D eigenvalue weighted by molar-refractivity contribution is 6.24. The van der Waals surface area contributed by atoms with E-state index in [-0.39, 0.29) is 5.41 Å². The third kappa shape index (κ3) is 6.39. The van der Waals surface area contributed by atoms with Crippen molar-refractivity contribution in [2.24, 2.45) is 0 Å². The third-order valence-electron chi connectivity index (χ3n) is 13.9. The first-order valence-corrected chi connectivity index (χ1v) is 22.7. The van der Waals surface area contributed by atoms with Crippen LogP contribution in [0.3, 0.4) is 0 Å². The minimum Gasteiger partial charge on any atom is -0.310 e. The number of hydrogen-bond donors (Lipinski definition) is 0. The molecule has 0 N–H and O–H groups in total. The van der Waals surface area contributed by atoms with Crippen LogP contribution in [0.2, 0.25) is 0 Å². The van der Waals surface area contributed by atoms with E-state index in [1.165, 1.54) is 87.6 Å². The standard InChI is InChI=1S/C63H48N2/c1-41-21-27-48(28-22-41)64(50-31-25-43-13-8-10-17-46(43)37-50)52-33-35-55-57(39-52)54-19-12-20-58-61(54)62(60(55)45-15-6-5-7-16-45)56-36-34-53(40-59(56)63(58,3)4)65(49-29-23-42(2)24-30-49)51-32-26-44-14-9-11-18-47(44)38-51/h5-40H,1-4H3. The predicted octanol–water partition coefficient (Wildman–Crippen LogP) is 17.8. The van der Waals surface area contributed by atoms with Crippen LogP contribution in [0.15, 0.2) is 218 Å². The summed E-state index contributed by atoms with van der Waals surface area (Å²) in [5, 5.41) is 10.0. The van der Waals surface area contributed by atoms with Crippen molar-refractivity contribution in [1.29, 1.82) is 0 Å². The number of rotatable bonds is 7. The van der Waals surface area contributed by atoms with Crippen LogP contribution < -0.4 is 9.80 Å². The maximum atomic E-state index is 2.47. The van der Waals surface area contributed by atoms with Gasteiger partial charge in [-0.2, -0.15) is 0 Å². The van der Waals surface area contributed by atoms with Gasteiger partial charge in [0.2, 0.25) is 0 Å². The maximum Gasteiger partial charge on any atom is 0.0468 e. The monoisotopic (exact) mass is 832 g/mol. The van der Waals surface area contributed by atoms with Gasteiger partial charge in [-0.05, 0) is 163 Å². The largest absolute Gasteiger partial charge is 0.310 e. The van der Waals surface area contributed by atoms with E-state index in [4.69, 9.17) is 0 Å². The van der Waals surface area contributed by atoms with Gasteiger partial charge >= 0.3 is 0 Å². The molecule has 2 nitrogen and oxygen atoms in total. The molecule has 0 spiro atoms. The van der Waals surface area contributed by atoms with E-state index in [1.807, 2.05) is 0 Å². The highest BCUT2D eigenvalue weighted by atomic mass is 15.1. The van der Waals surface area contributed by atoms with E-state index < -0.39 is 0 Å². The normalized spacial score (nSPS) is 12.7. The molecule has 0 atom stereocenters. The van der Waals surface area contributed by atoms with E-state index >= 15 is 0 Å². The van der Waals surface area contributed by atoms with Crippen molar-refractivity contribution in [2.45, 2.75) is 33.1 Å². The van der Waals surface area contributed by atoms with Crippen molar-refractivity contribution in [2.75, 3.05) is 9.80 Å². The first-order valence-electron chi connectivity index (χ1n) is 22.7. The quantitative estimate of drug-likeness (QED) is 0.148. The van der Waals surface area contributed by atoms with Crippen LogP contribution in [0.25, 0.3) is 65.3 Å². The van der Waals surface area contributed by atoms with Crippen LogP contribution in [-0.4, -0.2) is 0 Å². The molecule has 1 aliphatic carbocycles. The van der Waals surface area contributed by atoms with E-state index in [9.17, 15) is 0 Å². The number of nitrogens with zero attached hydrogens (tertiary/aromatic N) is 2. The highest BCUT2D eigenvalue weighted by Crippen LogP contribution is 2.56. The summed E-state index contributed by atoms with van der Waals surface area (Å²) in [5.74, 6) is 0. The van der Waals surface area contributed by atoms with Crippen LogP contribution in [-0.2, 0) is 5.41 Å². The molecule has 0 heterocycles. The lowest BCUT2D eigenvalue weighted by molar-refractivity contribution is 0.645. The van der Waals surface area contributed by atoms with Gasteiger partial charge in [0.05, 0.1) is 0 Å². The molecule has 0 aliphatic heterocycles. The summed E-state index contributed by atoms with van der Waals surface area (Å²) in [6.45, 7) is 9.15. The van der Waals surface area contributed by atoms with E-state index in [0.29, 0.717) is 0 Å². The van der Waals surface area contributed by atoms with Gasteiger partial charge in [-0.1, -0.05) is 171 Å². The molecule has 11 aromatic rings. The fourth-order valence-electron chi connectivity index (χ4n) is 10.6. The van der Waals surface area contributed by atoms with Crippen molar-refractivity contribution >= 4 is 77.2 Å². The maximum absolute atomic E-state index is 2.47. The zero-order chi connectivity index (χ0) is 43.8. The Morgan fingerprint density at radius 3 is 1.42 bits per heavy atom. The molecule has 12 rings (SSSR count). The van der Waals surface area contributed by atoms with E-state index in [2.05, 4.69) is 256 Å². The molecule has 0 bridgehead atoms. The summed E-state index contributed by atoms with van der Waals surface area (Å²) >= 11 is 0. The average Bonchev–Trinajstić information content (AvgIpc) is 3.34. The van der Waals surface area contributed by atoms with Gasteiger partial charge in [0.1, 0.15) is 0 Å². The molecule has 1 aliphatic rings. The SMILES string of the molecule is Cc1ccc(N(c2ccc3c(c2)C(C)(C)c2cccc4c2c-3c(-c2ccccc2)c2ccc(N(c3ccc(C)cc3)c3ccc5ccccc5c3)cc24)c2ccc3ccccc3c2)cc1. The van der Waals surface area contributed by atoms with Crippen LogP contribution in [0, 0.1) is 13.8 Å². The topological polar surface area (TPSA) is 6.48 Å².